The van der Waals surface area contributed by atoms with Crippen LogP contribution in [0.3, 0.4) is 0 Å². The molecule has 1 heterocycles. The molecule has 0 aromatic heterocycles. The number of hydrogen-bond acceptors (Lipinski definition) is 6. The van der Waals surface area contributed by atoms with Crippen LogP contribution in [0.5, 0.6) is 0 Å². The highest BCUT2D eigenvalue weighted by Crippen LogP contribution is 2.65. The topological polar surface area (TPSA) is 82.1 Å². The number of halogens is 6. The van der Waals surface area contributed by atoms with Gasteiger partial charge in [0.05, 0.1) is 11.5 Å². The van der Waals surface area contributed by atoms with E-state index in [1.807, 2.05) is 0 Å². The lowest BCUT2D eigenvalue weighted by Gasteiger charge is -2.47. The molecule has 12 heteroatoms. The third kappa shape index (κ3) is 3.46. The predicted molar refractivity (Wildman–Crippen MR) is 102 cm³/mol. The Kier molecular flexibility index (Phi) is 5.83. The summed E-state index contributed by atoms with van der Waals surface area (Å²) in [6.45, 7) is 5.48. The van der Waals surface area contributed by atoms with E-state index in [0.29, 0.717) is 26.2 Å². The Morgan fingerprint density at radius 2 is 1.71 bits per heavy atom. The quantitative estimate of drug-likeness (QED) is 0.339. The molecule has 0 aromatic rings. The van der Waals surface area contributed by atoms with E-state index in [-0.39, 0.29) is 24.3 Å². The molecule has 0 spiro atoms. The summed E-state index contributed by atoms with van der Waals surface area (Å²) in [5.41, 5.74) is -6.55. The maximum absolute atomic E-state index is 13.5. The Balaban J connectivity index is 1.70. The molecule has 3 saturated carbocycles. The van der Waals surface area contributed by atoms with Crippen molar-refractivity contribution in [1.29, 1.82) is 0 Å². The van der Waals surface area contributed by atoms with Crippen LogP contribution < -0.4 is 0 Å². The van der Waals surface area contributed by atoms with Crippen molar-refractivity contribution in [2.24, 2.45) is 23.7 Å². The minimum atomic E-state index is -6.05. The van der Waals surface area contributed by atoms with Crippen molar-refractivity contribution in [2.45, 2.75) is 87.8 Å². The fourth-order valence-corrected chi connectivity index (χ4v) is 6.65. The highest BCUT2D eigenvalue weighted by atomic mass is 19.4. The van der Waals surface area contributed by atoms with Gasteiger partial charge in [-0.3, -0.25) is 4.79 Å². The number of carbonyl (C=O) groups is 2. The molecule has 4 aliphatic rings. The van der Waals surface area contributed by atoms with E-state index < -0.39 is 71.6 Å². The summed E-state index contributed by atoms with van der Waals surface area (Å²) in [4.78, 5) is 24.9. The van der Waals surface area contributed by atoms with Crippen molar-refractivity contribution in [3.63, 3.8) is 0 Å². The molecule has 4 rings (SSSR count). The summed E-state index contributed by atoms with van der Waals surface area (Å²) >= 11 is 0. The van der Waals surface area contributed by atoms with E-state index >= 15 is 0 Å². The minimum Gasteiger partial charge on any atom is -0.458 e. The van der Waals surface area contributed by atoms with Gasteiger partial charge in [0.15, 0.2) is 0 Å². The number of carbonyl (C=O) groups excluding carboxylic acids is 2. The summed E-state index contributed by atoms with van der Waals surface area (Å²) < 4.78 is 97.4. The van der Waals surface area contributed by atoms with E-state index in [1.54, 1.807) is 0 Å². The molecule has 0 aromatic carbocycles. The molecule has 4 fully saturated rings. The Labute approximate surface area is 191 Å². The Morgan fingerprint density at radius 1 is 1.15 bits per heavy atom. The lowest BCUT2D eigenvalue weighted by molar-refractivity contribution is -0.401. The van der Waals surface area contributed by atoms with Gasteiger partial charge in [0, 0.05) is 23.3 Å². The molecule has 0 radical (unpaired) electrons. The van der Waals surface area contributed by atoms with Gasteiger partial charge in [-0.25, -0.2) is 4.79 Å². The second-order valence-electron chi connectivity index (χ2n) is 9.96. The zero-order valence-corrected chi connectivity index (χ0v) is 18.5. The van der Waals surface area contributed by atoms with Gasteiger partial charge in [-0.2, -0.15) is 26.3 Å². The van der Waals surface area contributed by atoms with Gasteiger partial charge in [-0.1, -0.05) is 19.4 Å². The van der Waals surface area contributed by atoms with Crippen LogP contribution >= 0.6 is 0 Å². The Morgan fingerprint density at radius 3 is 2.21 bits per heavy atom. The van der Waals surface area contributed by atoms with Crippen molar-refractivity contribution in [1.82, 2.24) is 0 Å². The number of rotatable bonds is 6. The summed E-state index contributed by atoms with van der Waals surface area (Å²) in [5, 5.41) is 9.87. The summed E-state index contributed by atoms with van der Waals surface area (Å²) in [6.07, 6.45) is -14.9. The predicted octanol–water partition coefficient (Wildman–Crippen LogP) is 3.86. The molecular formula is C22H26F6O6. The van der Waals surface area contributed by atoms with Crippen molar-refractivity contribution >= 4 is 11.9 Å². The lowest BCUT2D eigenvalue weighted by atomic mass is 9.68. The monoisotopic (exact) mass is 500 g/mol. The zero-order chi connectivity index (χ0) is 25.4. The third-order valence-electron chi connectivity index (χ3n) is 8.06. The van der Waals surface area contributed by atoms with Gasteiger partial charge in [0.25, 0.3) is 5.60 Å². The number of aliphatic hydroxyl groups is 1. The minimum absolute atomic E-state index is 0.0982. The van der Waals surface area contributed by atoms with E-state index in [1.165, 1.54) is 6.92 Å². The van der Waals surface area contributed by atoms with E-state index in [0.717, 1.165) is 0 Å². The van der Waals surface area contributed by atoms with Gasteiger partial charge in [0.1, 0.15) is 18.3 Å². The maximum Gasteiger partial charge on any atom is 0.428 e. The lowest BCUT2D eigenvalue weighted by Crippen LogP contribution is -2.66. The first-order chi connectivity index (χ1) is 15.5. The molecule has 1 aliphatic heterocycles. The molecule has 2 bridgehead atoms. The highest BCUT2D eigenvalue weighted by Gasteiger charge is 2.76. The molecule has 1 saturated heterocycles. The van der Waals surface area contributed by atoms with Gasteiger partial charge in [-0.15, -0.1) is 0 Å². The second kappa shape index (κ2) is 7.84. The second-order valence-corrected chi connectivity index (χ2v) is 9.96. The average Bonchev–Trinajstić information content (AvgIpc) is 3.43. The molecule has 7 atom stereocenters. The maximum atomic E-state index is 13.5. The largest absolute Gasteiger partial charge is 0.458 e. The van der Waals surface area contributed by atoms with E-state index in [9.17, 15) is 41.0 Å². The number of hydrogen-bond donors (Lipinski definition) is 1. The van der Waals surface area contributed by atoms with Crippen LogP contribution in [-0.2, 0) is 23.8 Å². The van der Waals surface area contributed by atoms with Crippen LogP contribution in [0.2, 0.25) is 0 Å². The zero-order valence-electron chi connectivity index (χ0n) is 18.5. The van der Waals surface area contributed by atoms with Crippen LogP contribution in [0.4, 0.5) is 26.3 Å². The van der Waals surface area contributed by atoms with Crippen LogP contribution in [0.1, 0.15) is 46.0 Å². The van der Waals surface area contributed by atoms with Crippen molar-refractivity contribution in [2.75, 3.05) is 0 Å². The molecule has 3 aliphatic carbocycles. The van der Waals surface area contributed by atoms with Crippen LogP contribution in [-0.4, -0.2) is 58.9 Å². The Hall–Kier alpha value is -1.82. The fourth-order valence-electron chi connectivity index (χ4n) is 6.65. The van der Waals surface area contributed by atoms with Gasteiger partial charge in [0.2, 0.25) is 0 Å². The molecule has 1 N–H and O–H groups in total. The number of fused-ring (bicyclic) bond motifs is 1. The molecule has 34 heavy (non-hydrogen) atoms. The SMILES string of the molecule is C=C(C)C(=O)OC1C2CC3C1OC(=O)C3C2C1(OC(C)C(O)(C(F)(F)F)C(F)(F)F)CCCC1. The van der Waals surface area contributed by atoms with Crippen LogP contribution in [0.25, 0.3) is 0 Å². The Bertz CT molecular complexity index is 862. The first-order valence-electron chi connectivity index (χ1n) is 11.2. The van der Waals surface area contributed by atoms with Crippen LogP contribution in [0.15, 0.2) is 12.2 Å². The first-order valence-corrected chi connectivity index (χ1v) is 11.2. The third-order valence-corrected chi connectivity index (χ3v) is 8.06. The summed E-state index contributed by atoms with van der Waals surface area (Å²) in [7, 11) is 0. The van der Waals surface area contributed by atoms with E-state index in [2.05, 4.69) is 6.58 Å². The smallest absolute Gasteiger partial charge is 0.428 e. The van der Waals surface area contributed by atoms with Crippen molar-refractivity contribution in [3.8, 4) is 0 Å². The van der Waals surface area contributed by atoms with E-state index in [4.69, 9.17) is 14.2 Å². The number of ether oxygens (including phenoxy) is 3. The van der Waals surface area contributed by atoms with Crippen molar-refractivity contribution < 1.29 is 55.2 Å². The van der Waals surface area contributed by atoms with Gasteiger partial charge < -0.3 is 19.3 Å². The number of esters is 2. The van der Waals surface area contributed by atoms with Crippen LogP contribution in [0, 0.1) is 23.7 Å². The van der Waals surface area contributed by atoms with Crippen molar-refractivity contribution in [3.05, 3.63) is 12.2 Å². The molecule has 6 nitrogen and oxygen atoms in total. The average molecular weight is 500 g/mol. The number of alkyl halides is 6. The fraction of sp³-hybridized carbons (Fsp3) is 0.818. The normalized spacial score (nSPS) is 35.4. The summed E-state index contributed by atoms with van der Waals surface area (Å²) in [5.74, 6) is -3.89. The highest BCUT2D eigenvalue weighted by molar-refractivity contribution is 5.87. The molecular weight excluding hydrogens is 474 g/mol. The van der Waals surface area contributed by atoms with Gasteiger partial charge >= 0.3 is 24.3 Å². The first kappa shape index (κ1) is 25.3. The molecule has 192 valence electrons. The summed E-state index contributed by atoms with van der Waals surface area (Å²) in [6, 6.07) is 0. The standard InChI is InChI=1S/C22H26F6O6/c1-9(2)17(29)32-16-12-8-11-13(18(30)33-15(11)16)14(12)19(6-4-5-7-19)34-10(3)20(31,21(23,24)25)22(26,27)28/h10-16,31H,1,4-8H2,2-3H3. The molecule has 7 unspecified atom stereocenters. The van der Waals surface area contributed by atoms with Gasteiger partial charge in [-0.05, 0) is 33.1 Å². The molecule has 0 amide bonds.